The van der Waals surface area contributed by atoms with E-state index in [1.165, 1.54) is 0 Å². The lowest BCUT2D eigenvalue weighted by molar-refractivity contribution is -0.145. The van der Waals surface area contributed by atoms with Gasteiger partial charge in [0.15, 0.2) is 6.10 Å². The van der Waals surface area contributed by atoms with Crippen LogP contribution in [0.1, 0.15) is 5.56 Å². The van der Waals surface area contributed by atoms with Gasteiger partial charge in [-0.15, -0.1) is 0 Å². The highest BCUT2D eigenvalue weighted by Crippen LogP contribution is 2.27. The van der Waals surface area contributed by atoms with E-state index in [0.717, 1.165) is 0 Å². The van der Waals surface area contributed by atoms with Gasteiger partial charge in [-0.1, -0.05) is 35.3 Å². The number of carboxylic acid groups (broad SMARTS) is 1. The summed E-state index contributed by atoms with van der Waals surface area (Å²) in [5.41, 5.74) is 0.620. The predicted molar refractivity (Wildman–Crippen MR) is 85.2 cm³/mol. The van der Waals surface area contributed by atoms with Gasteiger partial charge < -0.3 is 14.6 Å². The molecule has 2 aromatic carbocycles. The lowest BCUT2D eigenvalue weighted by atomic mass is 10.1. The molecule has 0 fully saturated rings. The van der Waals surface area contributed by atoms with Gasteiger partial charge in [0.2, 0.25) is 0 Å². The molecular formula is C16H14Cl2O4. The Hall–Kier alpha value is -1.91. The van der Waals surface area contributed by atoms with E-state index >= 15 is 0 Å². The van der Waals surface area contributed by atoms with Crippen LogP contribution in [0.4, 0.5) is 0 Å². The molecule has 0 heterocycles. The van der Waals surface area contributed by atoms with E-state index in [2.05, 4.69) is 0 Å². The normalized spacial score (nSPS) is 11.8. The van der Waals surface area contributed by atoms with Crippen LogP contribution in [-0.4, -0.2) is 24.3 Å². The van der Waals surface area contributed by atoms with Crippen LogP contribution in [-0.2, 0) is 11.2 Å². The maximum Gasteiger partial charge on any atom is 0.345 e. The SMILES string of the molecule is COc1ccc(O[C@@H](Cc2cccc(Cl)c2Cl)C(=O)O)cc1. The Morgan fingerprint density at radius 2 is 1.77 bits per heavy atom. The van der Waals surface area contributed by atoms with E-state index in [1.54, 1.807) is 49.6 Å². The molecule has 1 atom stereocenters. The van der Waals surface area contributed by atoms with Crippen LogP contribution in [0.25, 0.3) is 0 Å². The van der Waals surface area contributed by atoms with Gasteiger partial charge in [-0.05, 0) is 35.9 Å². The number of hydrogen-bond acceptors (Lipinski definition) is 3. The van der Waals surface area contributed by atoms with Crippen molar-refractivity contribution >= 4 is 29.2 Å². The summed E-state index contributed by atoms with van der Waals surface area (Å²) in [7, 11) is 1.55. The summed E-state index contributed by atoms with van der Waals surface area (Å²) in [5.74, 6) is 0.0234. The van der Waals surface area contributed by atoms with E-state index in [4.69, 9.17) is 32.7 Å². The molecule has 0 unspecified atom stereocenters. The Bertz CT molecular complexity index is 656. The average Bonchev–Trinajstić information content (AvgIpc) is 2.51. The van der Waals surface area contributed by atoms with Crippen molar-refractivity contribution in [1.82, 2.24) is 0 Å². The quantitative estimate of drug-likeness (QED) is 0.860. The molecule has 0 saturated heterocycles. The van der Waals surface area contributed by atoms with Crippen LogP contribution in [0.3, 0.4) is 0 Å². The minimum absolute atomic E-state index is 0.112. The van der Waals surface area contributed by atoms with Crippen molar-refractivity contribution in [2.24, 2.45) is 0 Å². The lowest BCUT2D eigenvalue weighted by Crippen LogP contribution is -2.29. The molecule has 22 heavy (non-hydrogen) atoms. The molecule has 0 aliphatic heterocycles. The molecule has 116 valence electrons. The topological polar surface area (TPSA) is 55.8 Å². The number of rotatable bonds is 6. The molecule has 0 spiro atoms. The molecule has 0 aromatic heterocycles. The summed E-state index contributed by atoms with van der Waals surface area (Å²) in [4.78, 5) is 11.4. The molecule has 2 rings (SSSR count). The molecule has 6 heteroatoms. The van der Waals surface area contributed by atoms with Crippen LogP contribution in [0, 0.1) is 0 Å². The number of hydrogen-bond donors (Lipinski definition) is 1. The zero-order valence-electron chi connectivity index (χ0n) is 11.8. The lowest BCUT2D eigenvalue weighted by Gasteiger charge is -2.16. The molecule has 0 saturated carbocycles. The molecule has 0 radical (unpaired) electrons. The van der Waals surface area contributed by atoms with E-state index in [-0.39, 0.29) is 6.42 Å². The van der Waals surface area contributed by atoms with Gasteiger partial charge in [0.05, 0.1) is 17.2 Å². The average molecular weight is 341 g/mol. The third-order valence-corrected chi connectivity index (χ3v) is 3.91. The number of benzene rings is 2. The Balaban J connectivity index is 2.16. The summed E-state index contributed by atoms with van der Waals surface area (Å²) in [5, 5.41) is 10.1. The van der Waals surface area contributed by atoms with Gasteiger partial charge in [-0.2, -0.15) is 0 Å². The second-order valence-electron chi connectivity index (χ2n) is 4.54. The van der Waals surface area contributed by atoms with Crippen molar-refractivity contribution in [2.45, 2.75) is 12.5 Å². The zero-order chi connectivity index (χ0) is 16.1. The second kappa shape index (κ2) is 7.38. The highest BCUT2D eigenvalue weighted by Gasteiger charge is 2.22. The van der Waals surface area contributed by atoms with Gasteiger partial charge >= 0.3 is 5.97 Å². The smallest absolute Gasteiger partial charge is 0.345 e. The van der Waals surface area contributed by atoms with Crippen LogP contribution < -0.4 is 9.47 Å². The highest BCUT2D eigenvalue weighted by molar-refractivity contribution is 6.42. The fraction of sp³-hybridized carbons (Fsp3) is 0.188. The largest absolute Gasteiger partial charge is 0.497 e. The Labute approximate surface area is 138 Å². The van der Waals surface area contributed by atoms with Crippen LogP contribution in [0.2, 0.25) is 10.0 Å². The van der Waals surface area contributed by atoms with Gasteiger partial charge in [0.25, 0.3) is 0 Å². The number of ether oxygens (including phenoxy) is 2. The van der Waals surface area contributed by atoms with Crippen molar-refractivity contribution in [3.8, 4) is 11.5 Å². The monoisotopic (exact) mass is 340 g/mol. The van der Waals surface area contributed by atoms with E-state index in [0.29, 0.717) is 27.1 Å². The maximum absolute atomic E-state index is 11.4. The van der Waals surface area contributed by atoms with E-state index in [1.807, 2.05) is 0 Å². The summed E-state index contributed by atoms with van der Waals surface area (Å²) < 4.78 is 10.6. The molecule has 1 N–H and O–H groups in total. The molecule has 0 bridgehead atoms. The molecular weight excluding hydrogens is 327 g/mol. The Morgan fingerprint density at radius 1 is 1.14 bits per heavy atom. The maximum atomic E-state index is 11.4. The summed E-state index contributed by atoms with van der Waals surface area (Å²) in [6.45, 7) is 0. The Kier molecular flexibility index (Phi) is 5.52. The summed E-state index contributed by atoms with van der Waals surface area (Å²) in [6, 6.07) is 11.8. The second-order valence-corrected chi connectivity index (χ2v) is 5.32. The fourth-order valence-electron chi connectivity index (χ4n) is 1.90. The van der Waals surface area contributed by atoms with E-state index in [9.17, 15) is 9.90 Å². The minimum Gasteiger partial charge on any atom is -0.497 e. The van der Waals surface area contributed by atoms with Crippen molar-refractivity contribution in [3.05, 3.63) is 58.1 Å². The number of methoxy groups -OCH3 is 1. The predicted octanol–water partition coefficient (Wildman–Crippen LogP) is 4.08. The third-order valence-electron chi connectivity index (χ3n) is 3.05. The summed E-state index contributed by atoms with van der Waals surface area (Å²) >= 11 is 12.0. The van der Waals surface area contributed by atoms with Crippen LogP contribution in [0.5, 0.6) is 11.5 Å². The number of carbonyl (C=O) groups is 1. The highest BCUT2D eigenvalue weighted by atomic mass is 35.5. The van der Waals surface area contributed by atoms with Gasteiger partial charge in [-0.25, -0.2) is 4.79 Å². The zero-order valence-corrected chi connectivity index (χ0v) is 13.3. The standard InChI is InChI=1S/C16H14Cl2O4/c1-21-11-5-7-12(8-6-11)22-14(16(19)20)9-10-3-2-4-13(17)15(10)18/h2-8,14H,9H2,1H3,(H,19,20)/t14-/m0/s1. The van der Waals surface area contributed by atoms with Crippen molar-refractivity contribution in [3.63, 3.8) is 0 Å². The van der Waals surface area contributed by atoms with Crippen LogP contribution in [0.15, 0.2) is 42.5 Å². The first kappa shape index (κ1) is 16.5. The van der Waals surface area contributed by atoms with Crippen LogP contribution >= 0.6 is 23.2 Å². The molecule has 0 amide bonds. The van der Waals surface area contributed by atoms with E-state index < -0.39 is 12.1 Å². The van der Waals surface area contributed by atoms with Gasteiger partial charge in [-0.3, -0.25) is 0 Å². The first-order chi connectivity index (χ1) is 10.5. The number of aliphatic carboxylic acids is 1. The minimum atomic E-state index is -1.08. The van der Waals surface area contributed by atoms with Crippen molar-refractivity contribution < 1.29 is 19.4 Å². The summed E-state index contributed by atoms with van der Waals surface area (Å²) in [6.07, 6.45) is -0.954. The first-order valence-electron chi connectivity index (χ1n) is 6.47. The van der Waals surface area contributed by atoms with Crippen molar-refractivity contribution in [2.75, 3.05) is 7.11 Å². The molecule has 4 nitrogen and oxygen atoms in total. The van der Waals surface area contributed by atoms with Crippen molar-refractivity contribution in [1.29, 1.82) is 0 Å². The number of halogens is 2. The fourth-order valence-corrected chi connectivity index (χ4v) is 2.30. The Morgan fingerprint density at radius 3 is 2.36 bits per heavy atom. The first-order valence-corrected chi connectivity index (χ1v) is 7.23. The van der Waals surface area contributed by atoms with Gasteiger partial charge in [0.1, 0.15) is 11.5 Å². The molecule has 0 aliphatic carbocycles. The molecule has 2 aromatic rings. The van der Waals surface area contributed by atoms with Gasteiger partial charge in [0, 0.05) is 6.42 Å². The molecule has 0 aliphatic rings. The third kappa shape index (κ3) is 4.06. The number of carboxylic acids is 1.